The fraction of sp³-hybridized carbons (Fsp3) is 0.227. The maximum Gasteiger partial charge on any atom is 0.338 e. The fourth-order valence-electron chi connectivity index (χ4n) is 3.27. The Morgan fingerprint density at radius 3 is 1.71 bits per heavy atom. The minimum absolute atomic E-state index is 0.0109. The predicted molar refractivity (Wildman–Crippen MR) is 114 cm³/mol. The van der Waals surface area contributed by atoms with Gasteiger partial charge in [-0.2, -0.15) is 0 Å². The maximum atomic E-state index is 12.5. The van der Waals surface area contributed by atoms with E-state index in [0.29, 0.717) is 0 Å². The van der Waals surface area contributed by atoms with Gasteiger partial charge < -0.3 is 14.2 Å². The minimum Gasteiger partial charge on any atom is -0.466 e. The fourth-order valence-corrected chi connectivity index (χ4v) is 3.27. The maximum absolute atomic E-state index is 12.5. The van der Waals surface area contributed by atoms with Crippen molar-refractivity contribution < 1.29 is 38.4 Å². The van der Waals surface area contributed by atoms with Crippen LogP contribution >= 0.6 is 0 Å². The number of hydrogen-bond acceptors (Lipinski definition) is 10. The molecule has 0 spiro atoms. The van der Waals surface area contributed by atoms with Gasteiger partial charge >= 0.3 is 17.9 Å². The Labute approximate surface area is 192 Å². The van der Waals surface area contributed by atoms with Gasteiger partial charge in [-0.1, -0.05) is 0 Å². The highest BCUT2D eigenvalue weighted by Crippen LogP contribution is 2.26. The molecule has 3 rings (SSSR count). The molecular weight excluding hydrogens is 452 g/mol. The van der Waals surface area contributed by atoms with Crippen molar-refractivity contribution in [2.45, 2.75) is 25.0 Å². The van der Waals surface area contributed by atoms with Gasteiger partial charge in [-0.3, -0.25) is 20.2 Å². The molecule has 0 saturated heterocycles. The molecule has 0 fully saturated rings. The van der Waals surface area contributed by atoms with Crippen LogP contribution < -0.4 is 0 Å². The molecule has 0 saturated carbocycles. The van der Waals surface area contributed by atoms with E-state index in [1.807, 2.05) is 0 Å². The molecule has 34 heavy (non-hydrogen) atoms. The van der Waals surface area contributed by atoms with Gasteiger partial charge in [0.15, 0.2) is 0 Å². The summed E-state index contributed by atoms with van der Waals surface area (Å²) in [6.07, 6.45) is -0.350. The number of esters is 3. The van der Waals surface area contributed by atoms with Crippen LogP contribution in [0.25, 0.3) is 0 Å². The molecule has 0 amide bonds. The number of carbonyl (C=O) groups is 3. The van der Waals surface area contributed by atoms with E-state index in [-0.39, 0.29) is 40.9 Å². The number of nitrogens with zero attached hydrogens (tertiary/aromatic N) is 2. The van der Waals surface area contributed by atoms with E-state index < -0.39 is 40.0 Å². The molecule has 0 unspecified atom stereocenters. The number of non-ortho nitro benzene ring substituents is 2. The Kier molecular flexibility index (Phi) is 7.31. The van der Waals surface area contributed by atoms with Crippen LogP contribution in [-0.4, -0.2) is 47.1 Å². The second kappa shape index (κ2) is 10.3. The lowest BCUT2D eigenvalue weighted by Gasteiger charge is -2.27. The number of rotatable bonds is 7. The lowest BCUT2D eigenvalue weighted by atomic mass is 9.94. The topological polar surface area (TPSA) is 165 Å². The zero-order valence-corrected chi connectivity index (χ0v) is 17.7. The highest BCUT2D eigenvalue weighted by atomic mass is 16.6. The Hall–Kier alpha value is -4.61. The lowest BCUT2D eigenvalue weighted by molar-refractivity contribution is -0.385. The van der Waals surface area contributed by atoms with Gasteiger partial charge in [-0.15, -0.1) is 0 Å². The summed E-state index contributed by atoms with van der Waals surface area (Å²) in [5.41, 5.74) is -0.122. The van der Waals surface area contributed by atoms with E-state index >= 15 is 0 Å². The van der Waals surface area contributed by atoms with Gasteiger partial charge in [0.05, 0.1) is 28.1 Å². The average Bonchev–Trinajstić information content (AvgIpc) is 2.83. The molecule has 1 aliphatic rings. The molecule has 12 heteroatoms. The molecule has 2 aromatic carbocycles. The van der Waals surface area contributed by atoms with E-state index in [2.05, 4.69) is 0 Å². The molecule has 0 bridgehead atoms. The van der Waals surface area contributed by atoms with Crippen molar-refractivity contribution in [3.05, 3.63) is 91.5 Å². The van der Waals surface area contributed by atoms with Crippen molar-refractivity contribution >= 4 is 29.3 Å². The highest BCUT2D eigenvalue weighted by molar-refractivity contribution is 5.92. The molecule has 0 heterocycles. The van der Waals surface area contributed by atoms with Crippen LogP contribution in [0.15, 0.2) is 60.2 Å². The molecule has 0 aromatic heterocycles. The summed E-state index contributed by atoms with van der Waals surface area (Å²) in [5.74, 6) is -2.25. The number of nitro benzene ring substituents is 2. The Morgan fingerprint density at radius 2 is 1.26 bits per heavy atom. The van der Waals surface area contributed by atoms with E-state index in [1.165, 1.54) is 37.5 Å². The first-order chi connectivity index (χ1) is 16.2. The Morgan fingerprint density at radius 1 is 0.794 bits per heavy atom. The van der Waals surface area contributed by atoms with E-state index in [4.69, 9.17) is 14.2 Å². The van der Waals surface area contributed by atoms with Gasteiger partial charge in [-0.05, 0) is 30.3 Å². The smallest absolute Gasteiger partial charge is 0.338 e. The van der Waals surface area contributed by atoms with Crippen LogP contribution in [0.3, 0.4) is 0 Å². The van der Waals surface area contributed by atoms with E-state index in [1.54, 1.807) is 0 Å². The molecule has 2 aromatic rings. The lowest BCUT2D eigenvalue weighted by Crippen LogP contribution is -2.32. The molecular formula is C22H18N2O10. The molecule has 2 atom stereocenters. The van der Waals surface area contributed by atoms with Crippen LogP contribution in [0.4, 0.5) is 11.4 Å². The first-order valence-electron chi connectivity index (χ1n) is 9.87. The van der Waals surface area contributed by atoms with Crippen LogP contribution in [0, 0.1) is 20.2 Å². The molecule has 176 valence electrons. The quantitative estimate of drug-likeness (QED) is 0.254. The third-order valence-electron chi connectivity index (χ3n) is 4.94. The summed E-state index contributed by atoms with van der Waals surface area (Å²) in [6.45, 7) is 0. The van der Waals surface area contributed by atoms with Crippen LogP contribution in [0.1, 0.15) is 33.6 Å². The molecule has 0 radical (unpaired) electrons. The van der Waals surface area contributed by atoms with Crippen molar-refractivity contribution in [3.8, 4) is 0 Å². The number of carbonyl (C=O) groups excluding carboxylic acids is 3. The number of methoxy groups -OCH3 is 1. The summed E-state index contributed by atoms with van der Waals surface area (Å²) < 4.78 is 15.6. The third kappa shape index (κ3) is 5.79. The summed E-state index contributed by atoms with van der Waals surface area (Å²) in [4.78, 5) is 57.4. The van der Waals surface area contributed by atoms with Gasteiger partial charge in [0, 0.05) is 42.7 Å². The number of nitro groups is 2. The number of benzene rings is 2. The highest BCUT2D eigenvalue weighted by Gasteiger charge is 2.31. The molecule has 12 nitrogen and oxygen atoms in total. The molecule has 0 aliphatic heterocycles. The third-order valence-corrected chi connectivity index (χ3v) is 4.94. The normalized spacial score (nSPS) is 17.1. The minimum atomic E-state index is -0.944. The van der Waals surface area contributed by atoms with Crippen molar-refractivity contribution in [3.63, 3.8) is 0 Å². The first kappa shape index (κ1) is 24.0. The summed E-state index contributed by atoms with van der Waals surface area (Å²) >= 11 is 0. The Bertz CT molecular complexity index is 1160. The van der Waals surface area contributed by atoms with Crippen LogP contribution in [0.2, 0.25) is 0 Å². The van der Waals surface area contributed by atoms with Gasteiger partial charge in [0.25, 0.3) is 11.4 Å². The summed E-state index contributed by atoms with van der Waals surface area (Å²) in [5, 5.41) is 21.5. The van der Waals surface area contributed by atoms with Crippen molar-refractivity contribution in [2.75, 3.05) is 7.11 Å². The van der Waals surface area contributed by atoms with Crippen molar-refractivity contribution in [1.29, 1.82) is 0 Å². The van der Waals surface area contributed by atoms with E-state index in [0.717, 1.165) is 24.3 Å². The van der Waals surface area contributed by atoms with Gasteiger partial charge in [-0.25, -0.2) is 14.4 Å². The first-order valence-corrected chi connectivity index (χ1v) is 9.87. The molecule has 1 aliphatic carbocycles. The second-order valence-electron chi connectivity index (χ2n) is 7.20. The summed E-state index contributed by atoms with van der Waals surface area (Å²) in [6, 6.07) is 9.58. The van der Waals surface area contributed by atoms with Gasteiger partial charge in [0.2, 0.25) is 0 Å². The monoisotopic (exact) mass is 470 g/mol. The van der Waals surface area contributed by atoms with Crippen molar-refractivity contribution in [2.24, 2.45) is 0 Å². The van der Waals surface area contributed by atoms with Crippen LogP contribution in [-0.2, 0) is 19.0 Å². The largest absolute Gasteiger partial charge is 0.466 e. The Balaban J connectivity index is 1.72. The second-order valence-corrected chi connectivity index (χ2v) is 7.20. The molecule has 0 N–H and O–H groups in total. The zero-order chi connectivity index (χ0) is 24.8. The average molecular weight is 470 g/mol. The van der Waals surface area contributed by atoms with E-state index in [9.17, 15) is 34.6 Å². The number of ether oxygens (including phenoxy) is 3. The number of hydrogen-bond donors (Lipinski definition) is 0. The zero-order valence-electron chi connectivity index (χ0n) is 17.7. The summed E-state index contributed by atoms with van der Waals surface area (Å²) in [7, 11) is 1.17. The van der Waals surface area contributed by atoms with Gasteiger partial charge in [0.1, 0.15) is 12.2 Å². The van der Waals surface area contributed by atoms with Crippen LogP contribution in [0.5, 0.6) is 0 Å². The predicted octanol–water partition coefficient (Wildman–Crippen LogP) is 3.15. The standard InChI is InChI=1S/C22H18N2O10/c1-32-20(25)15-10-18(33-21(26)13-2-6-16(7-3-13)23(28)29)12-19(11-15)34-22(27)14-4-8-17(9-5-14)24(30)31/h2-10,18-19H,11-12H2,1H3/t18-,19+/m1/s1. The van der Waals surface area contributed by atoms with Crippen molar-refractivity contribution in [1.82, 2.24) is 0 Å². The SMILES string of the molecule is COC(=O)C1=C[C@@H](OC(=O)c2ccc([N+](=O)[O-])cc2)C[C@@H](OC(=O)c2ccc([N+](=O)[O-])cc2)C1.